The van der Waals surface area contributed by atoms with Crippen molar-refractivity contribution in [3.05, 3.63) is 89.5 Å². The third-order valence-electron chi connectivity index (χ3n) is 2.80. The Morgan fingerprint density at radius 2 is 1.35 bits per heavy atom. The van der Waals surface area contributed by atoms with E-state index in [2.05, 4.69) is 19.2 Å². The molecule has 1 heterocycles. The molecule has 0 aliphatic carbocycles. The molecule has 0 saturated carbocycles. The van der Waals surface area contributed by atoms with Gasteiger partial charge in [-0.3, -0.25) is 4.98 Å². The summed E-state index contributed by atoms with van der Waals surface area (Å²) in [4.78, 5) is 3.60. The summed E-state index contributed by atoms with van der Waals surface area (Å²) in [7, 11) is -10.4. The molecule has 0 bridgehead atoms. The van der Waals surface area contributed by atoms with Crippen LogP contribution in [0, 0.1) is 0 Å². The van der Waals surface area contributed by atoms with Gasteiger partial charge >= 0.3 is 59.1 Å². The Morgan fingerprint density at radius 1 is 0.871 bits per heavy atom. The summed E-state index contributed by atoms with van der Waals surface area (Å²) in [5, 5.41) is 0. The fourth-order valence-electron chi connectivity index (χ4n) is 1.87. The molecule has 0 amide bonds. The standard InChI is InChI=1S/C19H17NO7S2.2Na/c1-28(21,22)26-16-9-5-14(6-10-16)19(18-4-2-3-13-20-18)15-7-11-17(12-8-15)27-29(23,24)25;;/h2-13,19H,1H2,(H,21,22)(H,23,24,25);;/q;2*+1/p-2/i2D,3D,4D,5D,6D,7D,8D,9D,10D,11D,12D,13D,19D;;. The molecule has 0 aliphatic heterocycles. The van der Waals surface area contributed by atoms with Gasteiger partial charge in [-0.25, -0.2) is 12.6 Å². The third kappa shape index (κ3) is 8.85. The predicted molar refractivity (Wildman–Crippen MR) is 105 cm³/mol. The number of benzene rings is 2. The normalized spacial score (nSPS) is 20.5. The van der Waals surface area contributed by atoms with E-state index in [9.17, 15) is 23.1 Å². The predicted octanol–water partition coefficient (Wildman–Crippen LogP) is -3.75. The van der Waals surface area contributed by atoms with Crippen LogP contribution in [0.4, 0.5) is 0 Å². The summed E-state index contributed by atoms with van der Waals surface area (Å²) in [5.74, 6) is -3.36. The summed E-state index contributed by atoms with van der Waals surface area (Å²) in [5.41, 5.74) is -3.58. The second-order valence-electron chi connectivity index (χ2n) is 4.86. The van der Waals surface area contributed by atoms with Crippen LogP contribution in [0.25, 0.3) is 0 Å². The minimum Gasteiger partial charge on any atom is -0.748 e. The molecule has 2 atom stereocenters. The molecule has 1 aromatic heterocycles. The first kappa shape index (κ1) is 13.7. The van der Waals surface area contributed by atoms with E-state index in [0.717, 1.165) is 0 Å². The first-order valence-corrected chi connectivity index (χ1v) is 9.97. The van der Waals surface area contributed by atoms with Crippen molar-refractivity contribution in [3.8, 4) is 11.5 Å². The average Bonchev–Trinajstić information content (AvgIpc) is 2.86. The van der Waals surface area contributed by atoms with Gasteiger partial charge in [-0.15, -0.1) is 0 Å². The Bertz CT molecular complexity index is 1740. The number of aromatic nitrogens is 1. The van der Waals surface area contributed by atoms with E-state index in [0.29, 0.717) is 0 Å². The molecule has 31 heavy (non-hydrogen) atoms. The van der Waals surface area contributed by atoms with E-state index in [1.807, 2.05) is 0 Å². The molecule has 0 spiro atoms. The van der Waals surface area contributed by atoms with Crippen molar-refractivity contribution >= 4 is 26.4 Å². The monoisotopic (exact) mass is 492 g/mol. The van der Waals surface area contributed by atoms with Gasteiger partial charge in [-0.1, -0.05) is 30.2 Å². The van der Waals surface area contributed by atoms with Crippen LogP contribution in [-0.2, 0) is 20.5 Å². The number of hydrogen-bond acceptors (Lipinski definition) is 8. The topological polar surface area (TPSA) is 129 Å². The van der Waals surface area contributed by atoms with Crippen molar-refractivity contribution in [3.63, 3.8) is 0 Å². The van der Waals surface area contributed by atoms with Crippen LogP contribution in [0.5, 0.6) is 11.5 Å². The zero-order valence-corrected chi connectivity index (χ0v) is 21.5. The van der Waals surface area contributed by atoms with E-state index >= 15 is 0 Å². The third-order valence-corrected chi connectivity index (χ3v) is 3.60. The maximum atomic E-state index is 11.6. The molecule has 0 radical (unpaired) electrons. The quantitative estimate of drug-likeness (QED) is 0.142. The van der Waals surface area contributed by atoms with Gasteiger partial charge in [0.2, 0.25) is 0 Å². The number of rotatable bonds is 7. The molecule has 3 aromatic rings. The van der Waals surface area contributed by atoms with Crippen molar-refractivity contribution in [2.75, 3.05) is 0 Å². The van der Waals surface area contributed by atoms with Gasteiger partial charge in [-0.05, 0) is 53.3 Å². The largest absolute Gasteiger partial charge is 1.00 e. The van der Waals surface area contributed by atoms with Gasteiger partial charge in [0.25, 0.3) is 10.4 Å². The molecular formula is C19H15NNa2O7S2. The molecule has 0 saturated heterocycles. The Labute approximate surface area is 243 Å². The molecule has 2 aromatic carbocycles. The Morgan fingerprint density at radius 3 is 1.81 bits per heavy atom. The fourth-order valence-corrected chi connectivity index (χ4v) is 2.50. The molecule has 152 valence electrons. The van der Waals surface area contributed by atoms with Crippen molar-refractivity contribution in [2.45, 2.75) is 5.89 Å². The van der Waals surface area contributed by atoms with Crippen LogP contribution in [0.15, 0.2) is 72.6 Å². The van der Waals surface area contributed by atoms with Gasteiger partial charge in [-0.2, -0.15) is 0 Å². The van der Waals surface area contributed by atoms with Crippen LogP contribution in [0.3, 0.4) is 0 Å². The van der Waals surface area contributed by atoms with Gasteiger partial charge in [0.05, 0.1) is 38.1 Å². The SMILES string of the molecule is [2H]c1nc(C([2H])(c2c([2H])c([2H])c(OS(=C)(=O)[O-])c([2H])c2[2H])c2c([2H])c([2H])c(OS(=O)(=O)[O-])c([2H])c2[2H])c([2H])c([2H])c1[2H].[Na+].[Na+]. The molecule has 3 rings (SSSR count). The summed E-state index contributed by atoms with van der Waals surface area (Å²) >= 11 is 0. The molecule has 12 heteroatoms. The number of pyridine rings is 1. The molecule has 0 fully saturated rings. The van der Waals surface area contributed by atoms with Crippen LogP contribution >= 0.6 is 0 Å². The van der Waals surface area contributed by atoms with E-state index in [1.54, 1.807) is 0 Å². The van der Waals surface area contributed by atoms with Gasteiger partial charge in [0.15, 0.2) is 0 Å². The number of hydrogen-bond donors (Lipinski definition) is 0. The van der Waals surface area contributed by atoms with Gasteiger partial charge in [0.1, 0.15) is 11.5 Å². The average molecular weight is 493 g/mol. The summed E-state index contributed by atoms with van der Waals surface area (Å²) in [6, 6.07) is -13.7. The van der Waals surface area contributed by atoms with E-state index in [-0.39, 0.29) is 59.1 Å². The Kier molecular flexibility index (Phi) is 5.22. The van der Waals surface area contributed by atoms with E-state index in [1.165, 1.54) is 0 Å². The van der Waals surface area contributed by atoms with Crippen molar-refractivity contribution < 1.29 is 107 Å². The van der Waals surface area contributed by atoms with Gasteiger partial charge < -0.3 is 17.5 Å². The first-order valence-electron chi connectivity index (χ1n) is 13.6. The first-order chi connectivity index (χ1) is 19.0. The molecule has 8 nitrogen and oxygen atoms in total. The second-order valence-corrected chi connectivity index (χ2v) is 7.13. The molecular weight excluding hydrogens is 464 g/mol. The number of nitrogens with zero attached hydrogens (tertiary/aromatic N) is 1. The van der Waals surface area contributed by atoms with Crippen molar-refractivity contribution in [1.82, 2.24) is 4.98 Å². The minimum atomic E-state index is -5.67. The van der Waals surface area contributed by atoms with Crippen molar-refractivity contribution in [2.24, 2.45) is 0 Å². The van der Waals surface area contributed by atoms with Crippen LogP contribution in [0.2, 0.25) is 0 Å². The van der Waals surface area contributed by atoms with Gasteiger partial charge in [0, 0.05) is 7.54 Å². The Hall–Kier alpha value is -0.920. The van der Waals surface area contributed by atoms with Crippen molar-refractivity contribution in [1.29, 1.82) is 0 Å². The zero-order valence-electron chi connectivity index (χ0n) is 28.8. The van der Waals surface area contributed by atoms with Crippen LogP contribution in [-0.4, -0.2) is 32.6 Å². The smallest absolute Gasteiger partial charge is 0.748 e. The van der Waals surface area contributed by atoms with Crippen LogP contribution < -0.4 is 67.5 Å². The minimum absolute atomic E-state index is 0. The summed E-state index contributed by atoms with van der Waals surface area (Å²) in [6.07, 6.45) is -1.06. The van der Waals surface area contributed by atoms with Crippen LogP contribution in [0.1, 0.15) is 40.5 Å². The zero-order chi connectivity index (χ0) is 32.4. The van der Waals surface area contributed by atoms with E-state index < -0.39 is 127 Å². The summed E-state index contributed by atoms with van der Waals surface area (Å²) in [6.45, 7) is 0. The molecule has 2 unspecified atom stereocenters. The Balaban J connectivity index is 0.00000484. The molecule has 0 N–H and O–H groups in total. The molecule has 0 aliphatic rings. The van der Waals surface area contributed by atoms with E-state index in [4.69, 9.17) is 16.4 Å². The fraction of sp³-hybridized carbons (Fsp3) is 0.0526. The maximum absolute atomic E-state index is 11.6. The second kappa shape index (κ2) is 11.8. The summed E-state index contributed by atoms with van der Waals surface area (Å²) < 4.78 is 173. The maximum Gasteiger partial charge on any atom is 1.00 e.